The van der Waals surface area contributed by atoms with Crippen LogP contribution in [0.5, 0.6) is 0 Å². The SMILES string of the molecule is O=S(=O)(Nc1ccc(NS(=O)(=O)C(F)(F)F)cc1)c1cc2ccccc2o1. The minimum Gasteiger partial charge on any atom is -0.443 e. The summed E-state index contributed by atoms with van der Waals surface area (Å²) < 4.78 is 92.6. The van der Waals surface area contributed by atoms with Crippen molar-refractivity contribution in [2.24, 2.45) is 0 Å². The summed E-state index contributed by atoms with van der Waals surface area (Å²) in [6, 6.07) is 12.2. The second kappa shape index (κ2) is 6.46. The maximum absolute atomic E-state index is 12.4. The van der Waals surface area contributed by atoms with Crippen molar-refractivity contribution < 1.29 is 34.4 Å². The molecule has 0 radical (unpaired) electrons. The average Bonchev–Trinajstić information content (AvgIpc) is 3.00. The van der Waals surface area contributed by atoms with Gasteiger partial charge in [-0.2, -0.15) is 30.0 Å². The number of hydrogen-bond donors (Lipinski definition) is 2. The number of benzene rings is 2. The van der Waals surface area contributed by atoms with Crippen molar-refractivity contribution in [2.45, 2.75) is 10.6 Å². The summed E-state index contributed by atoms with van der Waals surface area (Å²) in [5, 5.41) is 0.236. The Kier molecular flexibility index (Phi) is 4.56. The van der Waals surface area contributed by atoms with Crippen molar-refractivity contribution in [2.75, 3.05) is 9.44 Å². The highest BCUT2D eigenvalue weighted by Crippen LogP contribution is 2.27. The Morgan fingerprint density at radius 3 is 1.93 bits per heavy atom. The van der Waals surface area contributed by atoms with Crippen LogP contribution in [0, 0.1) is 0 Å². The van der Waals surface area contributed by atoms with E-state index in [1.807, 2.05) is 0 Å². The fourth-order valence-electron chi connectivity index (χ4n) is 2.11. The highest BCUT2D eigenvalue weighted by Gasteiger charge is 2.46. The minimum absolute atomic E-state index is 0.00501. The van der Waals surface area contributed by atoms with Crippen LogP contribution in [0.25, 0.3) is 11.0 Å². The number of fused-ring (bicyclic) bond motifs is 1. The van der Waals surface area contributed by atoms with Crippen LogP contribution >= 0.6 is 0 Å². The van der Waals surface area contributed by atoms with Gasteiger partial charge in [0.05, 0.1) is 0 Å². The van der Waals surface area contributed by atoms with E-state index in [1.165, 1.54) is 10.8 Å². The molecular weight excluding hydrogens is 409 g/mol. The number of furan rings is 1. The molecule has 0 unspecified atom stereocenters. The van der Waals surface area contributed by atoms with E-state index in [4.69, 9.17) is 4.42 Å². The first kappa shape index (κ1) is 19.0. The second-order valence-electron chi connectivity index (χ2n) is 5.34. The number of sulfonamides is 2. The molecule has 1 heterocycles. The number of nitrogens with one attached hydrogen (secondary N) is 2. The lowest BCUT2D eigenvalue weighted by atomic mass is 10.3. The van der Waals surface area contributed by atoms with Crippen LogP contribution < -0.4 is 9.44 Å². The molecule has 0 fully saturated rings. The van der Waals surface area contributed by atoms with E-state index < -0.39 is 25.6 Å². The van der Waals surface area contributed by atoms with Crippen LogP contribution in [-0.2, 0) is 20.0 Å². The molecule has 144 valence electrons. The molecular formula is C15H11F3N2O5S2. The first-order valence-corrected chi connectivity index (χ1v) is 10.2. The fourth-order valence-corrected chi connectivity index (χ4v) is 3.71. The molecule has 0 amide bonds. The van der Waals surface area contributed by atoms with Gasteiger partial charge >= 0.3 is 15.5 Å². The Bertz CT molecular complexity index is 1150. The van der Waals surface area contributed by atoms with Gasteiger partial charge in [-0.05, 0) is 30.3 Å². The van der Waals surface area contributed by atoms with Crippen LogP contribution in [0.15, 0.2) is 64.1 Å². The van der Waals surface area contributed by atoms with Gasteiger partial charge in [-0.1, -0.05) is 18.2 Å². The molecule has 2 aromatic carbocycles. The summed E-state index contributed by atoms with van der Waals surface area (Å²) in [6.45, 7) is 0. The van der Waals surface area contributed by atoms with Gasteiger partial charge in [0, 0.05) is 22.8 Å². The fraction of sp³-hybridized carbons (Fsp3) is 0.0667. The quantitative estimate of drug-likeness (QED) is 0.657. The number of alkyl halides is 3. The Labute approximate surface area is 151 Å². The predicted octanol–water partition coefficient (Wildman–Crippen LogP) is 3.50. The number of para-hydroxylation sites is 1. The van der Waals surface area contributed by atoms with Crippen LogP contribution in [0.3, 0.4) is 0 Å². The highest BCUT2D eigenvalue weighted by atomic mass is 32.2. The topological polar surface area (TPSA) is 105 Å². The van der Waals surface area contributed by atoms with Gasteiger partial charge in [-0.3, -0.25) is 9.44 Å². The lowest BCUT2D eigenvalue weighted by molar-refractivity contribution is -0.0429. The Morgan fingerprint density at radius 1 is 0.815 bits per heavy atom. The predicted molar refractivity (Wildman–Crippen MR) is 92.1 cm³/mol. The molecule has 0 spiro atoms. The van der Waals surface area contributed by atoms with Gasteiger partial charge in [0.25, 0.3) is 10.0 Å². The Morgan fingerprint density at radius 2 is 1.37 bits per heavy atom. The smallest absolute Gasteiger partial charge is 0.443 e. The summed E-state index contributed by atoms with van der Waals surface area (Å²) in [5.41, 5.74) is -5.46. The minimum atomic E-state index is -5.56. The van der Waals surface area contributed by atoms with Crippen molar-refractivity contribution >= 4 is 42.4 Å². The largest absolute Gasteiger partial charge is 0.516 e. The van der Waals surface area contributed by atoms with Gasteiger partial charge in [0.15, 0.2) is 0 Å². The van der Waals surface area contributed by atoms with Crippen LogP contribution in [-0.4, -0.2) is 22.3 Å². The van der Waals surface area contributed by atoms with Crippen LogP contribution in [0.1, 0.15) is 0 Å². The van der Waals surface area contributed by atoms with E-state index in [9.17, 15) is 30.0 Å². The molecule has 12 heteroatoms. The molecule has 1 aromatic heterocycles. The Hall–Kier alpha value is -2.73. The van der Waals surface area contributed by atoms with E-state index in [-0.39, 0.29) is 16.5 Å². The number of hydrogen-bond acceptors (Lipinski definition) is 5. The first-order chi connectivity index (χ1) is 12.5. The first-order valence-electron chi connectivity index (χ1n) is 7.18. The lowest BCUT2D eigenvalue weighted by Crippen LogP contribution is -2.29. The zero-order chi connectivity index (χ0) is 19.9. The molecule has 0 saturated carbocycles. The summed E-state index contributed by atoms with van der Waals surface area (Å²) in [7, 11) is -9.64. The van der Waals surface area contributed by atoms with E-state index in [0.717, 1.165) is 24.3 Å². The molecule has 0 atom stereocenters. The van der Waals surface area contributed by atoms with Gasteiger partial charge in [-0.25, -0.2) is 0 Å². The van der Waals surface area contributed by atoms with Crippen molar-refractivity contribution in [1.82, 2.24) is 0 Å². The van der Waals surface area contributed by atoms with E-state index in [1.54, 1.807) is 24.3 Å². The molecule has 3 rings (SSSR count). The maximum atomic E-state index is 12.4. The molecule has 27 heavy (non-hydrogen) atoms. The van der Waals surface area contributed by atoms with E-state index in [2.05, 4.69) is 4.72 Å². The third-order valence-corrected chi connectivity index (χ3v) is 5.71. The standard InChI is InChI=1S/C15H11F3N2O5S2/c16-15(17,18)27(23,24)20-12-7-5-11(6-8-12)19-26(21,22)14-9-10-3-1-2-4-13(10)25-14/h1-9,19-20H. The zero-order valence-corrected chi connectivity index (χ0v) is 14.8. The van der Waals surface area contributed by atoms with Crippen molar-refractivity contribution in [3.05, 3.63) is 54.6 Å². The van der Waals surface area contributed by atoms with Crippen LogP contribution in [0.4, 0.5) is 24.5 Å². The summed E-state index contributed by atoms with van der Waals surface area (Å²) in [6.07, 6.45) is 0. The highest BCUT2D eigenvalue weighted by molar-refractivity contribution is 7.93. The van der Waals surface area contributed by atoms with Gasteiger partial charge in [0.2, 0.25) is 5.09 Å². The third-order valence-electron chi connectivity index (χ3n) is 3.36. The molecule has 0 aliphatic carbocycles. The van der Waals surface area contributed by atoms with Crippen molar-refractivity contribution in [3.63, 3.8) is 0 Å². The molecule has 2 N–H and O–H groups in total. The summed E-state index contributed by atoms with van der Waals surface area (Å²) in [4.78, 5) is 0. The molecule has 7 nitrogen and oxygen atoms in total. The third kappa shape index (κ3) is 4.01. The average molecular weight is 420 g/mol. The zero-order valence-electron chi connectivity index (χ0n) is 13.2. The number of rotatable bonds is 5. The van der Waals surface area contributed by atoms with E-state index in [0.29, 0.717) is 11.0 Å². The number of anilines is 2. The molecule has 0 aliphatic heterocycles. The van der Waals surface area contributed by atoms with Gasteiger partial charge in [0.1, 0.15) is 5.58 Å². The number of halogens is 3. The summed E-state index contributed by atoms with van der Waals surface area (Å²) >= 11 is 0. The lowest BCUT2D eigenvalue weighted by Gasteiger charge is -2.11. The molecule has 0 aliphatic rings. The second-order valence-corrected chi connectivity index (χ2v) is 8.62. The molecule has 0 bridgehead atoms. The van der Waals surface area contributed by atoms with Gasteiger partial charge < -0.3 is 4.42 Å². The van der Waals surface area contributed by atoms with Crippen molar-refractivity contribution in [1.29, 1.82) is 0 Å². The normalized spacial score (nSPS) is 12.9. The summed E-state index contributed by atoms with van der Waals surface area (Å²) in [5.74, 6) is 0. The van der Waals surface area contributed by atoms with E-state index >= 15 is 0 Å². The van der Waals surface area contributed by atoms with Crippen LogP contribution in [0.2, 0.25) is 0 Å². The molecule has 3 aromatic rings. The Balaban J connectivity index is 1.79. The van der Waals surface area contributed by atoms with Crippen molar-refractivity contribution in [3.8, 4) is 0 Å². The molecule has 0 saturated heterocycles. The maximum Gasteiger partial charge on any atom is 0.516 e. The van der Waals surface area contributed by atoms with Gasteiger partial charge in [-0.15, -0.1) is 0 Å². The monoisotopic (exact) mass is 420 g/mol.